The fourth-order valence-corrected chi connectivity index (χ4v) is 1.64. The monoisotopic (exact) mass is 248 g/mol. The Labute approximate surface area is 102 Å². The Balaban J connectivity index is 2.73. The zero-order chi connectivity index (χ0) is 13.3. The molecule has 0 saturated carbocycles. The minimum Gasteiger partial charge on any atom is -0.495 e. The van der Waals surface area contributed by atoms with Crippen LogP contribution in [0.1, 0.15) is 5.82 Å². The van der Waals surface area contributed by atoms with Crippen molar-refractivity contribution in [1.29, 1.82) is 0 Å². The molecule has 0 saturated heterocycles. The summed E-state index contributed by atoms with van der Waals surface area (Å²) in [7, 11) is 1.48. The summed E-state index contributed by atoms with van der Waals surface area (Å²) < 4.78 is 6.21. The highest BCUT2D eigenvalue weighted by atomic mass is 16.5. The van der Waals surface area contributed by atoms with Crippen molar-refractivity contribution in [2.45, 2.75) is 13.5 Å². The number of amides is 1. The number of ether oxygens (including phenoxy) is 1. The lowest BCUT2D eigenvalue weighted by atomic mass is 10.3. The maximum atomic E-state index is 12.2. The second-order valence-corrected chi connectivity index (χ2v) is 3.76. The quantitative estimate of drug-likeness (QED) is 0.796. The Kier molecular flexibility index (Phi) is 2.97. The van der Waals surface area contributed by atoms with Gasteiger partial charge in [0, 0.05) is 0 Å². The molecule has 7 heteroatoms. The predicted molar refractivity (Wildman–Crippen MR) is 64.3 cm³/mol. The second kappa shape index (κ2) is 4.44. The number of hydrogen-bond acceptors (Lipinski definition) is 5. The lowest BCUT2D eigenvalue weighted by molar-refractivity contribution is -0.118. The number of primary amides is 1. The molecule has 18 heavy (non-hydrogen) atoms. The first kappa shape index (κ1) is 12.0. The lowest BCUT2D eigenvalue weighted by Crippen LogP contribution is -2.30. The summed E-state index contributed by atoms with van der Waals surface area (Å²) in [6, 6.07) is 1.54. The molecule has 2 heterocycles. The number of carbonyl (C=O) groups is 1. The molecule has 0 radical (unpaired) electrons. The normalized spacial score (nSPS) is 10.6. The molecule has 0 spiro atoms. The molecule has 0 unspecified atom stereocenters. The summed E-state index contributed by atoms with van der Waals surface area (Å²) in [5, 5.41) is 0.293. The minimum atomic E-state index is -0.600. The third kappa shape index (κ3) is 2.02. The highest BCUT2D eigenvalue weighted by Gasteiger charge is 2.11. The fourth-order valence-electron chi connectivity index (χ4n) is 1.64. The Hall–Kier alpha value is -2.44. The highest BCUT2D eigenvalue weighted by molar-refractivity contribution is 5.77. The summed E-state index contributed by atoms with van der Waals surface area (Å²) in [6.45, 7) is 1.42. The van der Waals surface area contributed by atoms with Crippen LogP contribution < -0.4 is 16.0 Å². The maximum Gasteiger partial charge on any atom is 0.263 e. The van der Waals surface area contributed by atoms with Gasteiger partial charge < -0.3 is 10.5 Å². The van der Waals surface area contributed by atoms with E-state index in [1.54, 1.807) is 6.92 Å². The van der Waals surface area contributed by atoms with Gasteiger partial charge in [-0.1, -0.05) is 0 Å². The van der Waals surface area contributed by atoms with Gasteiger partial charge in [0.15, 0.2) is 5.65 Å². The first-order valence-corrected chi connectivity index (χ1v) is 5.22. The van der Waals surface area contributed by atoms with Gasteiger partial charge in [-0.15, -0.1) is 0 Å². The molecule has 0 aliphatic rings. The molecular formula is C11H12N4O3. The van der Waals surface area contributed by atoms with Crippen molar-refractivity contribution < 1.29 is 9.53 Å². The van der Waals surface area contributed by atoms with Crippen LogP contribution in [0.5, 0.6) is 5.75 Å². The van der Waals surface area contributed by atoms with Crippen molar-refractivity contribution in [3.8, 4) is 5.75 Å². The zero-order valence-electron chi connectivity index (χ0n) is 10.0. The number of aryl methyl sites for hydroxylation is 1. The van der Waals surface area contributed by atoms with E-state index in [-0.39, 0.29) is 12.1 Å². The molecular weight excluding hydrogens is 236 g/mol. The molecule has 7 nitrogen and oxygen atoms in total. The van der Waals surface area contributed by atoms with Gasteiger partial charge in [-0.2, -0.15) is 0 Å². The molecule has 0 bridgehead atoms. The number of fused-ring (bicyclic) bond motifs is 1. The third-order valence-electron chi connectivity index (χ3n) is 2.53. The zero-order valence-corrected chi connectivity index (χ0v) is 10.0. The largest absolute Gasteiger partial charge is 0.495 e. The standard InChI is InChI=1S/C11H12N4O3/c1-6-14-10-8(3-7(18-2)4-13-10)11(17)15(6)5-9(12)16/h3-4H,5H2,1-2H3,(H2,12,16). The van der Waals surface area contributed by atoms with Crippen LogP contribution in [0.2, 0.25) is 0 Å². The van der Waals surface area contributed by atoms with Crippen molar-refractivity contribution in [3.63, 3.8) is 0 Å². The van der Waals surface area contributed by atoms with Crippen LogP contribution in [0.15, 0.2) is 17.1 Å². The van der Waals surface area contributed by atoms with E-state index in [9.17, 15) is 9.59 Å². The molecule has 0 aliphatic carbocycles. The minimum absolute atomic E-state index is 0.204. The molecule has 0 atom stereocenters. The number of nitrogens with zero attached hydrogens (tertiary/aromatic N) is 3. The summed E-state index contributed by atoms with van der Waals surface area (Å²) in [5.74, 6) is 0.247. The van der Waals surface area contributed by atoms with Gasteiger partial charge in [0.05, 0.1) is 18.7 Å². The van der Waals surface area contributed by atoms with Gasteiger partial charge >= 0.3 is 0 Å². The van der Waals surface area contributed by atoms with Crippen LogP contribution in [0.25, 0.3) is 11.0 Å². The average Bonchev–Trinajstić information content (AvgIpc) is 2.34. The molecule has 94 valence electrons. The number of methoxy groups -OCH3 is 1. The van der Waals surface area contributed by atoms with E-state index >= 15 is 0 Å². The number of carbonyl (C=O) groups excluding carboxylic acids is 1. The van der Waals surface area contributed by atoms with Crippen molar-refractivity contribution in [2.75, 3.05) is 7.11 Å². The van der Waals surface area contributed by atoms with Crippen LogP contribution in [0.3, 0.4) is 0 Å². The molecule has 2 aromatic rings. The summed E-state index contributed by atoms with van der Waals surface area (Å²) >= 11 is 0. The lowest BCUT2D eigenvalue weighted by Gasteiger charge is -2.08. The van der Waals surface area contributed by atoms with Crippen molar-refractivity contribution in [2.24, 2.45) is 5.73 Å². The molecule has 2 rings (SSSR count). The van der Waals surface area contributed by atoms with Gasteiger partial charge in [-0.25, -0.2) is 9.97 Å². The number of rotatable bonds is 3. The van der Waals surface area contributed by atoms with Crippen LogP contribution in [0.4, 0.5) is 0 Å². The van der Waals surface area contributed by atoms with Crippen LogP contribution >= 0.6 is 0 Å². The number of nitrogens with two attached hydrogens (primary N) is 1. The maximum absolute atomic E-state index is 12.2. The number of hydrogen-bond donors (Lipinski definition) is 1. The van der Waals surface area contributed by atoms with Crippen molar-refractivity contribution in [1.82, 2.24) is 14.5 Å². The van der Waals surface area contributed by atoms with Gasteiger partial charge in [0.1, 0.15) is 18.1 Å². The van der Waals surface area contributed by atoms with E-state index in [4.69, 9.17) is 10.5 Å². The van der Waals surface area contributed by atoms with Crippen LogP contribution in [-0.4, -0.2) is 27.6 Å². The van der Waals surface area contributed by atoms with E-state index in [1.165, 1.54) is 23.9 Å². The Morgan fingerprint density at radius 3 is 2.89 bits per heavy atom. The Morgan fingerprint density at radius 2 is 2.28 bits per heavy atom. The number of pyridine rings is 1. The van der Waals surface area contributed by atoms with Gasteiger partial charge in [-0.3, -0.25) is 14.2 Å². The fraction of sp³-hybridized carbons (Fsp3) is 0.273. The van der Waals surface area contributed by atoms with E-state index in [1.807, 2.05) is 0 Å². The van der Waals surface area contributed by atoms with E-state index in [2.05, 4.69) is 9.97 Å². The van der Waals surface area contributed by atoms with Gasteiger partial charge in [0.2, 0.25) is 5.91 Å². The predicted octanol–water partition coefficient (Wildman–Crippen LogP) is -0.406. The summed E-state index contributed by atoms with van der Waals surface area (Å²) in [6.07, 6.45) is 1.48. The van der Waals surface area contributed by atoms with Crippen molar-refractivity contribution in [3.05, 3.63) is 28.4 Å². The van der Waals surface area contributed by atoms with Gasteiger partial charge in [0.25, 0.3) is 5.56 Å². The van der Waals surface area contributed by atoms with E-state index in [0.29, 0.717) is 22.6 Å². The van der Waals surface area contributed by atoms with Crippen LogP contribution in [0, 0.1) is 6.92 Å². The average molecular weight is 248 g/mol. The Bertz CT molecular complexity index is 678. The summed E-state index contributed by atoms with van der Waals surface area (Å²) in [4.78, 5) is 31.3. The SMILES string of the molecule is COc1cnc2nc(C)n(CC(N)=O)c(=O)c2c1. The first-order valence-electron chi connectivity index (χ1n) is 5.22. The van der Waals surface area contributed by atoms with Gasteiger partial charge in [-0.05, 0) is 13.0 Å². The van der Waals surface area contributed by atoms with E-state index in [0.717, 1.165) is 0 Å². The van der Waals surface area contributed by atoms with Crippen LogP contribution in [-0.2, 0) is 11.3 Å². The third-order valence-corrected chi connectivity index (χ3v) is 2.53. The Morgan fingerprint density at radius 1 is 1.56 bits per heavy atom. The molecule has 0 aromatic carbocycles. The van der Waals surface area contributed by atoms with E-state index < -0.39 is 5.91 Å². The molecule has 0 fully saturated rings. The topological polar surface area (TPSA) is 100 Å². The first-order chi connectivity index (χ1) is 8.52. The molecule has 2 N–H and O–H groups in total. The summed E-state index contributed by atoms with van der Waals surface area (Å²) in [5.41, 5.74) is 5.06. The number of aromatic nitrogens is 3. The molecule has 2 aromatic heterocycles. The molecule has 0 aliphatic heterocycles. The second-order valence-electron chi connectivity index (χ2n) is 3.76. The van der Waals surface area contributed by atoms with Crippen molar-refractivity contribution >= 4 is 16.9 Å². The highest BCUT2D eigenvalue weighted by Crippen LogP contribution is 2.13. The smallest absolute Gasteiger partial charge is 0.263 e. The molecule has 1 amide bonds.